The Morgan fingerprint density at radius 1 is 1.13 bits per heavy atom. The molecule has 0 bridgehead atoms. The molecule has 0 aliphatic rings. The molecular formula is C17H17FN2O3. The van der Waals surface area contributed by atoms with Crippen molar-refractivity contribution in [2.24, 2.45) is 5.73 Å². The molecule has 0 unspecified atom stereocenters. The maximum atomic E-state index is 14.0. The molecule has 1 amide bonds. The van der Waals surface area contributed by atoms with E-state index in [0.29, 0.717) is 11.3 Å². The maximum absolute atomic E-state index is 14.0. The Bertz CT molecular complexity index is 744. The van der Waals surface area contributed by atoms with Gasteiger partial charge in [-0.05, 0) is 24.3 Å². The van der Waals surface area contributed by atoms with Crippen LogP contribution < -0.4 is 10.6 Å². The zero-order chi connectivity index (χ0) is 17.0. The molecule has 0 aromatic heterocycles. The Morgan fingerprint density at radius 3 is 2.43 bits per heavy atom. The van der Waals surface area contributed by atoms with E-state index in [4.69, 9.17) is 10.5 Å². The van der Waals surface area contributed by atoms with Crippen LogP contribution in [0, 0.1) is 5.82 Å². The Labute approximate surface area is 133 Å². The van der Waals surface area contributed by atoms with Gasteiger partial charge in [-0.1, -0.05) is 18.2 Å². The van der Waals surface area contributed by atoms with E-state index < -0.39 is 17.7 Å². The first kappa shape index (κ1) is 16.5. The molecule has 2 aromatic rings. The predicted molar refractivity (Wildman–Crippen MR) is 84.8 cm³/mol. The van der Waals surface area contributed by atoms with Crippen molar-refractivity contribution in [3.8, 4) is 0 Å². The van der Waals surface area contributed by atoms with E-state index in [2.05, 4.69) is 0 Å². The first-order valence-electron chi connectivity index (χ1n) is 6.92. The van der Waals surface area contributed by atoms with Crippen LogP contribution in [0.4, 0.5) is 10.1 Å². The Balaban J connectivity index is 2.13. The molecule has 23 heavy (non-hydrogen) atoms. The molecule has 0 aliphatic carbocycles. The van der Waals surface area contributed by atoms with Crippen molar-refractivity contribution in [3.63, 3.8) is 0 Å². The number of anilines is 1. The first-order valence-corrected chi connectivity index (χ1v) is 6.92. The smallest absolute Gasteiger partial charge is 0.341 e. The lowest BCUT2D eigenvalue weighted by atomic mass is 10.1. The highest BCUT2D eigenvalue weighted by atomic mass is 19.1. The molecule has 0 atom stereocenters. The Hall–Kier alpha value is -2.89. The number of hydrogen-bond acceptors (Lipinski definition) is 4. The summed E-state index contributed by atoms with van der Waals surface area (Å²) in [6, 6.07) is 10.8. The van der Waals surface area contributed by atoms with Crippen molar-refractivity contribution in [3.05, 3.63) is 65.0 Å². The highest BCUT2D eigenvalue weighted by Gasteiger charge is 2.16. The van der Waals surface area contributed by atoms with Crippen molar-refractivity contribution < 1.29 is 18.7 Å². The van der Waals surface area contributed by atoms with Crippen LogP contribution in [-0.2, 0) is 11.3 Å². The van der Waals surface area contributed by atoms with Gasteiger partial charge in [-0.25, -0.2) is 9.18 Å². The van der Waals surface area contributed by atoms with Gasteiger partial charge < -0.3 is 15.4 Å². The average molecular weight is 316 g/mol. The largest absolute Gasteiger partial charge is 0.457 e. The monoisotopic (exact) mass is 316 g/mol. The van der Waals surface area contributed by atoms with Crippen LogP contribution in [0.5, 0.6) is 0 Å². The minimum absolute atomic E-state index is 0.160. The van der Waals surface area contributed by atoms with Gasteiger partial charge >= 0.3 is 5.97 Å². The standard InChI is InChI=1S/C17H17FN2O3/c1-20(2)12-7-8-14(15(18)9-12)17(22)23-10-11-5-3-4-6-13(11)16(19)21/h3-9H,10H2,1-2H3,(H2,19,21). The van der Waals surface area contributed by atoms with Gasteiger partial charge in [-0.2, -0.15) is 0 Å². The number of nitrogens with two attached hydrogens (primary N) is 1. The Morgan fingerprint density at radius 2 is 1.83 bits per heavy atom. The Kier molecular flexibility index (Phi) is 4.95. The van der Waals surface area contributed by atoms with Gasteiger partial charge in [0.25, 0.3) is 0 Å². The van der Waals surface area contributed by atoms with Crippen molar-refractivity contribution in [2.75, 3.05) is 19.0 Å². The van der Waals surface area contributed by atoms with Crippen LogP contribution in [-0.4, -0.2) is 26.0 Å². The molecule has 2 rings (SSSR count). The average Bonchev–Trinajstić information content (AvgIpc) is 2.52. The number of ether oxygens (including phenoxy) is 1. The highest BCUT2D eigenvalue weighted by molar-refractivity contribution is 5.94. The van der Waals surface area contributed by atoms with Gasteiger partial charge in [0.15, 0.2) is 0 Å². The summed E-state index contributed by atoms with van der Waals surface area (Å²) in [5.41, 5.74) is 6.47. The number of rotatable bonds is 5. The topological polar surface area (TPSA) is 72.6 Å². The fourth-order valence-corrected chi connectivity index (χ4v) is 2.06. The number of carbonyl (C=O) groups excluding carboxylic acids is 2. The molecule has 0 heterocycles. The summed E-state index contributed by atoms with van der Waals surface area (Å²) in [6.45, 7) is -0.160. The lowest BCUT2D eigenvalue weighted by molar-refractivity contribution is 0.0465. The number of benzene rings is 2. The van der Waals surface area contributed by atoms with Gasteiger partial charge in [0.1, 0.15) is 12.4 Å². The van der Waals surface area contributed by atoms with Crippen LogP contribution >= 0.6 is 0 Å². The fourth-order valence-electron chi connectivity index (χ4n) is 2.06. The molecule has 0 aliphatic heterocycles. The third-order valence-electron chi connectivity index (χ3n) is 3.33. The number of primary amides is 1. The molecule has 6 heteroatoms. The number of carbonyl (C=O) groups is 2. The van der Waals surface area contributed by atoms with Crippen LogP contribution in [0.2, 0.25) is 0 Å². The summed E-state index contributed by atoms with van der Waals surface area (Å²) >= 11 is 0. The molecule has 2 N–H and O–H groups in total. The minimum Gasteiger partial charge on any atom is -0.457 e. The third kappa shape index (κ3) is 3.85. The molecule has 2 aromatic carbocycles. The SMILES string of the molecule is CN(C)c1ccc(C(=O)OCc2ccccc2C(N)=O)c(F)c1. The minimum atomic E-state index is -0.799. The molecule has 120 valence electrons. The van der Waals surface area contributed by atoms with Crippen LogP contribution in [0.1, 0.15) is 26.3 Å². The lowest BCUT2D eigenvalue weighted by Gasteiger charge is -2.13. The van der Waals surface area contributed by atoms with E-state index in [9.17, 15) is 14.0 Å². The van der Waals surface area contributed by atoms with Crippen LogP contribution in [0.3, 0.4) is 0 Å². The summed E-state index contributed by atoms with van der Waals surface area (Å²) in [5, 5.41) is 0. The van der Waals surface area contributed by atoms with E-state index in [-0.39, 0.29) is 17.7 Å². The summed E-state index contributed by atoms with van der Waals surface area (Å²) in [6.07, 6.45) is 0. The second-order valence-corrected chi connectivity index (χ2v) is 5.16. The number of amides is 1. The van der Waals surface area contributed by atoms with Crippen molar-refractivity contribution >= 4 is 17.6 Å². The quantitative estimate of drug-likeness (QED) is 0.859. The zero-order valence-corrected chi connectivity index (χ0v) is 12.9. The third-order valence-corrected chi connectivity index (χ3v) is 3.33. The highest BCUT2D eigenvalue weighted by Crippen LogP contribution is 2.18. The van der Waals surface area contributed by atoms with E-state index in [1.165, 1.54) is 18.2 Å². The number of halogens is 1. The maximum Gasteiger partial charge on any atom is 0.341 e. The van der Waals surface area contributed by atoms with Crippen LogP contribution in [0.25, 0.3) is 0 Å². The van der Waals surface area contributed by atoms with Crippen LogP contribution in [0.15, 0.2) is 42.5 Å². The van der Waals surface area contributed by atoms with E-state index in [0.717, 1.165) is 0 Å². The number of esters is 1. The zero-order valence-electron chi connectivity index (χ0n) is 12.9. The van der Waals surface area contributed by atoms with Gasteiger partial charge in [0.2, 0.25) is 5.91 Å². The molecule has 0 saturated carbocycles. The second kappa shape index (κ2) is 6.91. The van der Waals surface area contributed by atoms with Gasteiger partial charge in [0, 0.05) is 30.9 Å². The van der Waals surface area contributed by atoms with Crippen molar-refractivity contribution in [1.82, 2.24) is 0 Å². The first-order chi connectivity index (χ1) is 10.9. The van der Waals surface area contributed by atoms with Crippen molar-refractivity contribution in [2.45, 2.75) is 6.61 Å². The molecule has 0 spiro atoms. The van der Waals surface area contributed by atoms with E-state index >= 15 is 0 Å². The van der Waals surface area contributed by atoms with E-state index in [1.54, 1.807) is 43.3 Å². The molecule has 0 radical (unpaired) electrons. The number of nitrogens with zero attached hydrogens (tertiary/aromatic N) is 1. The molecule has 0 saturated heterocycles. The summed E-state index contributed by atoms with van der Waals surface area (Å²) in [7, 11) is 3.54. The lowest BCUT2D eigenvalue weighted by Crippen LogP contribution is -2.15. The normalized spacial score (nSPS) is 10.2. The van der Waals surface area contributed by atoms with Gasteiger partial charge in [0.05, 0.1) is 5.56 Å². The molecule has 5 nitrogen and oxygen atoms in total. The fraction of sp³-hybridized carbons (Fsp3) is 0.176. The predicted octanol–water partition coefficient (Wildman–Crippen LogP) is 2.35. The molecule has 0 fully saturated rings. The summed E-state index contributed by atoms with van der Waals surface area (Å²) < 4.78 is 19.1. The molecular weight excluding hydrogens is 299 g/mol. The van der Waals surface area contributed by atoms with Crippen molar-refractivity contribution in [1.29, 1.82) is 0 Å². The van der Waals surface area contributed by atoms with Gasteiger partial charge in [-0.3, -0.25) is 4.79 Å². The van der Waals surface area contributed by atoms with E-state index in [1.807, 2.05) is 0 Å². The van der Waals surface area contributed by atoms with Gasteiger partial charge in [-0.15, -0.1) is 0 Å². The summed E-state index contributed by atoms with van der Waals surface area (Å²) in [5.74, 6) is -2.07. The number of hydrogen-bond donors (Lipinski definition) is 1. The summed E-state index contributed by atoms with van der Waals surface area (Å²) in [4.78, 5) is 25.0. The second-order valence-electron chi connectivity index (χ2n) is 5.16.